The van der Waals surface area contributed by atoms with E-state index in [1.807, 2.05) is 12.1 Å². The van der Waals surface area contributed by atoms with Crippen molar-refractivity contribution in [2.24, 2.45) is 0 Å². The summed E-state index contributed by atoms with van der Waals surface area (Å²) in [7, 11) is 0. The van der Waals surface area contributed by atoms with Crippen LogP contribution in [0.1, 0.15) is 26.3 Å². The topological polar surface area (TPSA) is 24.9 Å². The zero-order chi connectivity index (χ0) is 13.2. The second-order valence-electron chi connectivity index (χ2n) is 5.30. The molecule has 1 N–H and O–H groups in total. The molecule has 18 heavy (non-hydrogen) atoms. The molecule has 2 rings (SSSR count). The Hall–Kier alpha value is -1.54. The first-order valence-electron chi connectivity index (χ1n) is 5.95. The van der Waals surface area contributed by atoms with Crippen molar-refractivity contribution in [1.29, 1.82) is 0 Å². The lowest BCUT2D eigenvalue weighted by molar-refractivity contribution is 0.590. The predicted molar refractivity (Wildman–Crippen MR) is 77.7 cm³/mol. The van der Waals surface area contributed by atoms with Crippen LogP contribution < -0.4 is 5.32 Å². The number of nitrogens with one attached hydrogen (secondary N) is 1. The van der Waals surface area contributed by atoms with Gasteiger partial charge in [-0.3, -0.25) is 0 Å². The molecule has 0 spiro atoms. The number of halogens is 1. The van der Waals surface area contributed by atoms with Crippen LogP contribution in [0.3, 0.4) is 0 Å². The second kappa shape index (κ2) is 4.99. The molecule has 0 saturated heterocycles. The first-order chi connectivity index (χ1) is 8.45. The fourth-order valence-corrected chi connectivity index (χ4v) is 1.84. The fraction of sp³-hybridized carbons (Fsp3) is 0.267. The van der Waals surface area contributed by atoms with E-state index in [0.29, 0.717) is 5.15 Å². The molecule has 1 heterocycles. The third kappa shape index (κ3) is 3.23. The molecule has 0 aliphatic carbocycles. The van der Waals surface area contributed by atoms with Gasteiger partial charge in [0.25, 0.3) is 0 Å². The molecule has 0 atom stereocenters. The van der Waals surface area contributed by atoms with Gasteiger partial charge >= 0.3 is 0 Å². The minimum absolute atomic E-state index is 0.173. The first kappa shape index (κ1) is 12.9. The number of hydrogen-bond acceptors (Lipinski definition) is 2. The molecule has 0 saturated carbocycles. The molecular weight excluding hydrogens is 244 g/mol. The summed E-state index contributed by atoms with van der Waals surface area (Å²) in [5.74, 6) is 0.756. The monoisotopic (exact) mass is 260 g/mol. The predicted octanol–water partition coefficient (Wildman–Crippen LogP) is 4.78. The van der Waals surface area contributed by atoms with Crippen molar-refractivity contribution in [1.82, 2.24) is 4.98 Å². The molecule has 0 bridgehead atoms. The van der Waals surface area contributed by atoms with Gasteiger partial charge in [-0.05, 0) is 35.2 Å². The maximum atomic E-state index is 5.85. The lowest BCUT2D eigenvalue weighted by atomic mass is 9.87. The summed E-state index contributed by atoms with van der Waals surface area (Å²) < 4.78 is 0. The molecule has 1 aromatic carbocycles. The van der Waals surface area contributed by atoms with Crippen molar-refractivity contribution < 1.29 is 0 Å². The minimum Gasteiger partial charge on any atom is -0.340 e. The van der Waals surface area contributed by atoms with E-state index in [4.69, 9.17) is 11.6 Å². The molecule has 2 nitrogen and oxygen atoms in total. The maximum absolute atomic E-state index is 5.85. The van der Waals surface area contributed by atoms with E-state index in [1.54, 1.807) is 6.07 Å². The highest BCUT2D eigenvalue weighted by Crippen LogP contribution is 2.24. The highest BCUT2D eigenvalue weighted by atomic mass is 35.5. The van der Waals surface area contributed by atoms with Crippen LogP contribution >= 0.6 is 11.6 Å². The molecule has 0 amide bonds. The Morgan fingerprint density at radius 2 is 1.67 bits per heavy atom. The summed E-state index contributed by atoms with van der Waals surface area (Å²) in [5, 5.41) is 3.72. The average Bonchev–Trinajstić information content (AvgIpc) is 2.28. The number of anilines is 2. The standard InChI is InChI=1S/C15H17ClN2/c1-15(2,3)11-7-9-12(10-8-11)17-14-6-4-5-13(16)18-14/h4-10H,1-3H3,(H,17,18). The molecule has 1 aromatic heterocycles. The van der Waals surface area contributed by atoms with Gasteiger partial charge < -0.3 is 5.32 Å². The van der Waals surface area contributed by atoms with Crippen LogP contribution in [-0.2, 0) is 5.41 Å². The number of pyridine rings is 1. The van der Waals surface area contributed by atoms with Crippen molar-refractivity contribution in [2.45, 2.75) is 26.2 Å². The quantitative estimate of drug-likeness (QED) is 0.787. The molecule has 0 aliphatic heterocycles. The molecule has 94 valence electrons. The summed E-state index contributed by atoms with van der Waals surface area (Å²) >= 11 is 5.85. The molecule has 2 aromatic rings. The Kier molecular flexibility index (Phi) is 3.58. The van der Waals surface area contributed by atoms with E-state index >= 15 is 0 Å². The van der Waals surface area contributed by atoms with E-state index < -0.39 is 0 Å². The van der Waals surface area contributed by atoms with Gasteiger partial charge in [-0.2, -0.15) is 0 Å². The number of nitrogens with zero attached hydrogens (tertiary/aromatic N) is 1. The molecular formula is C15H17ClN2. The van der Waals surface area contributed by atoms with Crippen molar-refractivity contribution in [3.63, 3.8) is 0 Å². The number of aromatic nitrogens is 1. The molecule has 0 radical (unpaired) electrons. The van der Waals surface area contributed by atoms with Gasteiger partial charge in [-0.25, -0.2) is 4.98 Å². The summed E-state index contributed by atoms with van der Waals surface area (Å²) in [6, 6.07) is 13.9. The summed E-state index contributed by atoms with van der Waals surface area (Å²) in [5.41, 5.74) is 2.50. The Bertz CT molecular complexity index is 527. The van der Waals surface area contributed by atoms with E-state index in [0.717, 1.165) is 11.5 Å². The molecule has 0 unspecified atom stereocenters. The third-order valence-corrected chi connectivity index (χ3v) is 2.95. The van der Waals surface area contributed by atoms with Crippen LogP contribution in [0.5, 0.6) is 0 Å². The lowest BCUT2D eigenvalue weighted by Crippen LogP contribution is -2.10. The van der Waals surface area contributed by atoms with E-state index in [9.17, 15) is 0 Å². The Morgan fingerprint density at radius 1 is 1.00 bits per heavy atom. The van der Waals surface area contributed by atoms with Crippen molar-refractivity contribution in [2.75, 3.05) is 5.32 Å². The first-order valence-corrected chi connectivity index (χ1v) is 6.33. The van der Waals surface area contributed by atoms with Gasteiger partial charge in [0.2, 0.25) is 0 Å². The normalized spacial score (nSPS) is 11.3. The molecule has 0 fully saturated rings. The van der Waals surface area contributed by atoms with Crippen molar-refractivity contribution in [3.05, 3.63) is 53.2 Å². The highest BCUT2D eigenvalue weighted by molar-refractivity contribution is 6.29. The smallest absolute Gasteiger partial charge is 0.132 e. The fourth-order valence-electron chi connectivity index (χ4n) is 1.68. The highest BCUT2D eigenvalue weighted by Gasteiger charge is 2.12. The van der Waals surface area contributed by atoms with Gasteiger partial charge in [0.15, 0.2) is 0 Å². The Morgan fingerprint density at radius 3 is 2.22 bits per heavy atom. The zero-order valence-corrected chi connectivity index (χ0v) is 11.6. The van der Waals surface area contributed by atoms with Crippen LogP contribution in [0.15, 0.2) is 42.5 Å². The van der Waals surface area contributed by atoms with Crippen LogP contribution in [0.2, 0.25) is 5.15 Å². The van der Waals surface area contributed by atoms with Gasteiger partial charge in [0, 0.05) is 5.69 Å². The van der Waals surface area contributed by atoms with E-state index in [-0.39, 0.29) is 5.41 Å². The van der Waals surface area contributed by atoms with Gasteiger partial charge in [0.05, 0.1) is 0 Å². The van der Waals surface area contributed by atoms with Gasteiger partial charge in [-0.1, -0.05) is 50.6 Å². The van der Waals surface area contributed by atoms with Crippen molar-refractivity contribution in [3.8, 4) is 0 Å². The summed E-state index contributed by atoms with van der Waals surface area (Å²) in [6.45, 7) is 6.61. The van der Waals surface area contributed by atoms with Crippen LogP contribution in [0.25, 0.3) is 0 Å². The largest absolute Gasteiger partial charge is 0.340 e. The van der Waals surface area contributed by atoms with E-state index in [1.165, 1.54) is 5.56 Å². The lowest BCUT2D eigenvalue weighted by Gasteiger charge is -2.19. The molecule has 3 heteroatoms. The van der Waals surface area contributed by atoms with Gasteiger partial charge in [0.1, 0.15) is 11.0 Å². The Balaban J connectivity index is 2.16. The van der Waals surface area contributed by atoms with Crippen LogP contribution in [-0.4, -0.2) is 4.98 Å². The van der Waals surface area contributed by atoms with Crippen molar-refractivity contribution >= 4 is 23.1 Å². The summed E-state index contributed by atoms with van der Waals surface area (Å²) in [6.07, 6.45) is 0. The zero-order valence-electron chi connectivity index (χ0n) is 10.9. The second-order valence-corrected chi connectivity index (χ2v) is 5.69. The molecule has 0 aliphatic rings. The summed E-state index contributed by atoms with van der Waals surface area (Å²) in [4.78, 5) is 4.19. The Labute approximate surface area is 113 Å². The van der Waals surface area contributed by atoms with Crippen LogP contribution in [0, 0.1) is 0 Å². The minimum atomic E-state index is 0.173. The average molecular weight is 261 g/mol. The van der Waals surface area contributed by atoms with Crippen LogP contribution in [0.4, 0.5) is 11.5 Å². The SMILES string of the molecule is CC(C)(C)c1ccc(Nc2cccc(Cl)n2)cc1. The van der Waals surface area contributed by atoms with Gasteiger partial charge in [-0.15, -0.1) is 0 Å². The van der Waals surface area contributed by atoms with E-state index in [2.05, 4.69) is 55.3 Å². The number of hydrogen-bond donors (Lipinski definition) is 1. The maximum Gasteiger partial charge on any atom is 0.132 e. The third-order valence-electron chi connectivity index (χ3n) is 2.74. The number of rotatable bonds is 2. The number of benzene rings is 1.